The van der Waals surface area contributed by atoms with Gasteiger partial charge >= 0.3 is 0 Å². The monoisotopic (exact) mass is 327 g/mol. The molecule has 1 fully saturated rings. The van der Waals surface area contributed by atoms with E-state index >= 15 is 0 Å². The zero-order valence-electron chi connectivity index (χ0n) is 12.2. The summed E-state index contributed by atoms with van der Waals surface area (Å²) in [5, 5.41) is 0. The Bertz CT molecular complexity index is 474. The highest BCUT2D eigenvalue weighted by Crippen LogP contribution is 2.41. The van der Waals surface area contributed by atoms with E-state index in [1.807, 2.05) is 19.1 Å². The molecule has 1 saturated heterocycles. The molecule has 2 rings (SSSR count). The van der Waals surface area contributed by atoms with E-state index in [0.29, 0.717) is 5.69 Å². The van der Waals surface area contributed by atoms with Gasteiger partial charge < -0.3 is 15.2 Å². The summed E-state index contributed by atoms with van der Waals surface area (Å²) in [4.78, 5) is 0. The topological polar surface area (TPSA) is 44.5 Å². The van der Waals surface area contributed by atoms with Crippen LogP contribution in [0.3, 0.4) is 0 Å². The van der Waals surface area contributed by atoms with Gasteiger partial charge in [-0.1, -0.05) is 15.9 Å². The second-order valence-corrected chi connectivity index (χ2v) is 7.33. The van der Waals surface area contributed by atoms with Crippen LogP contribution in [0, 0.1) is 6.92 Å². The summed E-state index contributed by atoms with van der Waals surface area (Å²) >= 11 is 3.44. The van der Waals surface area contributed by atoms with Crippen LogP contribution in [0.5, 0.6) is 5.75 Å². The lowest BCUT2D eigenvalue weighted by Gasteiger charge is -2.28. The number of hydrogen-bond acceptors (Lipinski definition) is 3. The van der Waals surface area contributed by atoms with Crippen molar-refractivity contribution in [2.24, 2.45) is 0 Å². The molecular formula is C15H22BrNO2. The minimum absolute atomic E-state index is 0.00433. The molecule has 0 aliphatic carbocycles. The number of hydrogen-bond donors (Lipinski definition) is 1. The first-order valence-corrected chi connectivity index (χ1v) is 7.32. The third-order valence-corrected chi connectivity index (χ3v) is 3.98. The van der Waals surface area contributed by atoms with E-state index in [9.17, 15) is 0 Å². The molecule has 0 bridgehead atoms. The van der Waals surface area contributed by atoms with E-state index in [2.05, 4.69) is 43.6 Å². The second kappa shape index (κ2) is 4.67. The van der Waals surface area contributed by atoms with Gasteiger partial charge in [0, 0.05) is 10.9 Å². The van der Waals surface area contributed by atoms with Gasteiger partial charge in [-0.05, 0) is 52.3 Å². The molecule has 19 heavy (non-hydrogen) atoms. The maximum absolute atomic E-state index is 6.17. The minimum atomic E-state index is -0.310. The maximum atomic E-state index is 6.17. The summed E-state index contributed by atoms with van der Waals surface area (Å²) < 4.78 is 13.2. The fourth-order valence-electron chi connectivity index (χ4n) is 2.75. The molecule has 0 spiro atoms. The molecule has 0 saturated carbocycles. The third kappa shape index (κ3) is 3.06. The Morgan fingerprint density at radius 1 is 1.32 bits per heavy atom. The van der Waals surface area contributed by atoms with E-state index in [4.69, 9.17) is 15.2 Å². The number of nitrogen functional groups attached to an aromatic ring is 1. The van der Waals surface area contributed by atoms with Crippen molar-refractivity contribution in [1.82, 2.24) is 0 Å². The van der Waals surface area contributed by atoms with Crippen LogP contribution >= 0.6 is 15.9 Å². The molecule has 0 aromatic heterocycles. The molecular weight excluding hydrogens is 306 g/mol. The van der Waals surface area contributed by atoms with E-state index in [1.54, 1.807) is 0 Å². The van der Waals surface area contributed by atoms with Gasteiger partial charge in [0.05, 0.1) is 11.3 Å². The van der Waals surface area contributed by atoms with Gasteiger partial charge in [-0.3, -0.25) is 0 Å². The lowest BCUT2D eigenvalue weighted by Crippen LogP contribution is -2.37. The molecule has 1 aromatic rings. The van der Waals surface area contributed by atoms with Gasteiger partial charge in [0.2, 0.25) is 0 Å². The van der Waals surface area contributed by atoms with Crippen molar-refractivity contribution in [3.63, 3.8) is 0 Å². The SMILES string of the molecule is Cc1cc(Br)cc(N)c1OC1CC(C)(C)OC1(C)C. The Kier molecular flexibility index (Phi) is 3.60. The zero-order chi connectivity index (χ0) is 14.4. The normalized spacial score (nSPS) is 24.4. The summed E-state index contributed by atoms with van der Waals surface area (Å²) in [5.41, 5.74) is 7.28. The Morgan fingerprint density at radius 3 is 2.42 bits per heavy atom. The van der Waals surface area contributed by atoms with Crippen molar-refractivity contribution >= 4 is 21.6 Å². The van der Waals surface area contributed by atoms with Gasteiger partial charge in [-0.25, -0.2) is 0 Å². The fraction of sp³-hybridized carbons (Fsp3) is 0.600. The summed E-state index contributed by atoms with van der Waals surface area (Å²) in [5.74, 6) is 0.766. The molecule has 1 aliphatic heterocycles. The Hall–Kier alpha value is -0.740. The van der Waals surface area contributed by atoms with Crippen LogP contribution in [0.25, 0.3) is 0 Å². The van der Waals surface area contributed by atoms with Crippen LogP contribution in [0.15, 0.2) is 16.6 Å². The zero-order valence-corrected chi connectivity index (χ0v) is 13.8. The van der Waals surface area contributed by atoms with Crippen LogP contribution in [0.1, 0.15) is 39.7 Å². The summed E-state index contributed by atoms with van der Waals surface area (Å²) in [7, 11) is 0. The largest absolute Gasteiger partial charge is 0.485 e. The van der Waals surface area contributed by atoms with Crippen molar-refractivity contribution in [3.05, 3.63) is 22.2 Å². The molecule has 1 atom stereocenters. The van der Waals surface area contributed by atoms with Gasteiger partial charge in [0.1, 0.15) is 17.5 Å². The van der Waals surface area contributed by atoms with Gasteiger partial charge in [-0.15, -0.1) is 0 Å². The average molecular weight is 328 g/mol. The standard InChI is InChI=1S/C15H22BrNO2/c1-9-6-10(16)7-11(17)13(9)18-12-8-14(2,3)19-15(12,4)5/h6-7,12H,8,17H2,1-5H3. The number of aryl methyl sites for hydroxylation is 1. The minimum Gasteiger partial charge on any atom is -0.485 e. The van der Waals surface area contributed by atoms with E-state index < -0.39 is 0 Å². The van der Waals surface area contributed by atoms with E-state index in [0.717, 1.165) is 22.2 Å². The van der Waals surface area contributed by atoms with E-state index in [-0.39, 0.29) is 17.3 Å². The van der Waals surface area contributed by atoms with Crippen molar-refractivity contribution in [2.45, 2.75) is 58.3 Å². The molecule has 0 amide bonds. The van der Waals surface area contributed by atoms with Crippen molar-refractivity contribution in [2.75, 3.05) is 5.73 Å². The van der Waals surface area contributed by atoms with Crippen LogP contribution in [0.2, 0.25) is 0 Å². The molecule has 1 heterocycles. The average Bonchev–Trinajstić information content (AvgIpc) is 2.39. The van der Waals surface area contributed by atoms with E-state index in [1.165, 1.54) is 0 Å². The highest BCUT2D eigenvalue weighted by molar-refractivity contribution is 9.10. The fourth-order valence-corrected chi connectivity index (χ4v) is 3.34. The number of rotatable bonds is 2. The summed E-state index contributed by atoms with van der Waals surface area (Å²) in [6.07, 6.45) is 0.860. The van der Waals surface area contributed by atoms with Crippen LogP contribution in [-0.4, -0.2) is 17.3 Å². The molecule has 1 unspecified atom stereocenters. The number of ether oxygens (including phenoxy) is 2. The second-order valence-electron chi connectivity index (χ2n) is 6.42. The molecule has 1 aromatic carbocycles. The molecule has 2 N–H and O–H groups in total. The van der Waals surface area contributed by atoms with Crippen LogP contribution in [0.4, 0.5) is 5.69 Å². The maximum Gasteiger partial charge on any atom is 0.145 e. The molecule has 4 heteroatoms. The predicted octanol–water partition coefficient (Wildman–Crippen LogP) is 4.06. The van der Waals surface area contributed by atoms with Crippen molar-refractivity contribution < 1.29 is 9.47 Å². The quantitative estimate of drug-likeness (QED) is 0.833. The highest BCUT2D eigenvalue weighted by atomic mass is 79.9. The number of halogens is 1. The Morgan fingerprint density at radius 2 is 1.95 bits per heavy atom. The molecule has 3 nitrogen and oxygen atoms in total. The number of anilines is 1. The van der Waals surface area contributed by atoms with Crippen molar-refractivity contribution in [1.29, 1.82) is 0 Å². The molecule has 1 aliphatic rings. The first-order valence-electron chi connectivity index (χ1n) is 6.53. The molecule has 0 radical (unpaired) electrons. The first kappa shape index (κ1) is 14.7. The smallest absolute Gasteiger partial charge is 0.145 e. The lowest BCUT2D eigenvalue weighted by atomic mass is 9.97. The Balaban J connectivity index is 2.27. The highest BCUT2D eigenvalue weighted by Gasteiger charge is 2.47. The number of nitrogens with two attached hydrogens (primary N) is 1. The molecule has 106 valence electrons. The number of benzene rings is 1. The first-order chi connectivity index (χ1) is 8.61. The van der Waals surface area contributed by atoms with Gasteiger partial charge in [0.15, 0.2) is 0 Å². The summed E-state index contributed by atoms with van der Waals surface area (Å²) in [6, 6.07) is 3.88. The van der Waals surface area contributed by atoms with Crippen LogP contribution in [-0.2, 0) is 4.74 Å². The van der Waals surface area contributed by atoms with Crippen LogP contribution < -0.4 is 10.5 Å². The lowest BCUT2D eigenvalue weighted by molar-refractivity contribution is -0.0845. The summed E-state index contributed by atoms with van der Waals surface area (Å²) in [6.45, 7) is 10.3. The van der Waals surface area contributed by atoms with Gasteiger partial charge in [-0.2, -0.15) is 0 Å². The third-order valence-electron chi connectivity index (χ3n) is 3.52. The predicted molar refractivity (Wildman–Crippen MR) is 81.6 cm³/mol. The van der Waals surface area contributed by atoms with Gasteiger partial charge in [0.25, 0.3) is 0 Å². The van der Waals surface area contributed by atoms with Crippen molar-refractivity contribution in [3.8, 4) is 5.75 Å². The Labute approximate surface area is 123 Å².